The Morgan fingerprint density at radius 3 is 2.57 bits per heavy atom. The van der Waals surface area contributed by atoms with E-state index in [0.717, 1.165) is 59.8 Å². The van der Waals surface area contributed by atoms with Crippen molar-refractivity contribution in [2.75, 3.05) is 13.1 Å². The van der Waals surface area contributed by atoms with Crippen LogP contribution < -0.4 is 0 Å². The zero-order valence-electron chi connectivity index (χ0n) is 14.2. The summed E-state index contributed by atoms with van der Waals surface area (Å²) in [7, 11) is 1.91. The zero-order chi connectivity index (χ0) is 16.1. The van der Waals surface area contributed by atoms with E-state index < -0.39 is 0 Å². The summed E-state index contributed by atoms with van der Waals surface area (Å²) in [6.07, 6.45) is 4.57. The largest absolute Gasteiger partial charge is 0.339 e. The number of pyridine rings is 1. The second-order valence-corrected chi connectivity index (χ2v) is 7.25. The van der Waals surface area contributed by atoms with E-state index in [2.05, 4.69) is 12.0 Å². The molecule has 2 aliphatic rings. The number of rotatable bonds is 2. The highest BCUT2D eigenvalue weighted by atomic mass is 16.2. The molecule has 4 rings (SSSR count). The Kier molecular flexibility index (Phi) is 3.39. The number of amides is 1. The van der Waals surface area contributed by atoms with Crippen molar-refractivity contribution in [1.29, 1.82) is 0 Å². The van der Waals surface area contributed by atoms with Crippen LogP contribution in [0.3, 0.4) is 0 Å². The molecule has 0 N–H and O–H groups in total. The highest BCUT2D eigenvalue weighted by Gasteiger charge is 2.30. The maximum atomic E-state index is 13.1. The van der Waals surface area contributed by atoms with Crippen molar-refractivity contribution in [3.05, 3.63) is 23.0 Å². The summed E-state index contributed by atoms with van der Waals surface area (Å²) in [5.41, 5.74) is 3.61. The van der Waals surface area contributed by atoms with Crippen molar-refractivity contribution < 1.29 is 4.79 Å². The van der Waals surface area contributed by atoms with Gasteiger partial charge in [0.25, 0.3) is 5.91 Å². The monoisotopic (exact) mass is 312 g/mol. The first-order valence-electron chi connectivity index (χ1n) is 8.68. The van der Waals surface area contributed by atoms with Gasteiger partial charge in [-0.3, -0.25) is 9.48 Å². The number of aryl methyl sites for hydroxylation is 2. The minimum atomic E-state index is 0.155. The van der Waals surface area contributed by atoms with Gasteiger partial charge in [-0.15, -0.1) is 0 Å². The van der Waals surface area contributed by atoms with Gasteiger partial charge in [-0.25, -0.2) is 4.98 Å². The van der Waals surface area contributed by atoms with Crippen LogP contribution in [0.5, 0.6) is 0 Å². The van der Waals surface area contributed by atoms with Crippen LogP contribution in [0.25, 0.3) is 11.0 Å². The Balaban J connectivity index is 1.79. The standard InChI is InChI=1S/C18H24N4O/c1-11-6-8-22(9-7-11)18(23)14-10-15(13-4-5-13)19-17-16(14)12(2)20-21(17)3/h10-11,13H,4-9H2,1-3H3. The van der Waals surface area contributed by atoms with Crippen LogP contribution >= 0.6 is 0 Å². The Bertz CT molecular complexity index is 767. The van der Waals surface area contributed by atoms with Gasteiger partial charge in [-0.05, 0) is 44.6 Å². The fourth-order valence-electron chi connectivity index (χ4n) is 3.60. The van der Waals surface area contributed by atoms with Gasteiger partial charge in [0.15, 0.2) is 5.65 Å². The average Bonchev–Trinajstić information content (AvgIpc) is 3.34. The molecule has 3 heterocycles. The molecule has 0 unspecified atom stereocenters. The molecule has 0 atom stereocenters. The Labute approximate surface area is 136 Å². The first-order chi connectivity index (χ1) is 11.0. The van der Waals surface area contributed by atoms with E-state index in [4.69, 9.17) is 4.98 Å². The first-order valence-corrected chi connectivity index (χ1v) is 8.68. The van der Waals surface area contributed by atoms with E-state index in [0.29, 0.717) is 5.92 Å². The van der Waals surface area contributed by atoms with Gasteiger partial charge in [0.2, 0.25) is 0 Å². The van der Waals surface area contributed by atoms with E-state index in [1.54, 1.807) is 0 Å². The van der Waals surface area contributed by atoms with Crippen LogP contribution in [-0.4, -0.2) is 38.7 Å². The Morgan fingerprint density at radius 2 is 1.91 bits per heavy atom. The van der Waals surface area contributed by atoms with Crippen LogP contribution in [0.15, 0.2) is 6.07 Å². The van der Waals surface area contributed by atoms with E-state index in [1.807, 2.05) is 29.6 Å². The highest BCUT2D eigenvalue weighted by Crippen LogP contribution is 2.40. The summed E-state index contributed by atoms with van der Waals surface area (Å²) in [6.45, 7) is 5.96. The summed E-state index contributed by atoms with van der Waals surface area (Å²) in [5.74, 6) is 1.41. The predicted molar refractivity (Wildman–Crippen MR) is 89.5 cm³/mol. The fourth-order valence-corrected chi connectivity index (χ4v) is 3.60. The van der Waals surface area contributed by atoms with E-state index in [9.17, 15) is 4.79 Å². The average molecular weight is 312 g/mol. The van der Waals surface area contributed by atoms with Gasteiger partial charge in [-0.1, -0.05) is 6.92 Å². The summed E-state index contributed by atoms with van der Waals surface area (Å²) >= 11 is 0. The zero-order valence-corrected chi connectivity index (χ0v) is 14.2. The van der Waals surface area contributed by atoms with Gasteiger partial charge >= 0.3 is 0 Å². The third-order valence-electron chi connectivity index (χ3n) is 5.29. The van der Waals surface area contributed by atoms with Crippen molar-refractivity contribution in [2.45, 2.75) is 45.4 Å². The van der Waals surface area contributed by atoms with Gasteiger partial charge in [0.1, 0.15) is 0 Å². The SMILES string of the molecule is Cc1nn(C)c2nc(C3CC3)cc(C(=O)N3CCC(C)CC3)c12. The van der Waals surface area contributed by atoms with Gasteiger partial charge < -0.3 is 4.90 Å². The lowest BCUT2D eigenvalue weighted by Gasteiger charge is -2.30. The molecule has 0 bridgehead atoms. The molecule has 2 aromatic heterocycles. The van der Waals surface area contributed by atoms with Crippen LogP contribution in [0.4, 0.5) is 0 Å². The van der Waals surface area contributed by atoms with Crippen LogP contribution in [0.2, 0.25) is 0 Å². The Morgan fingerprint density at radius 1 is 1.22 bits per heavy atom. The molecule has 5 heteroatoms. The Hall–Kier alpha value is -1.91. The summed E-state index contributed by atoms with van der Waals surface area (Å²) in [6, 6.07) is 2.04. The number of likely N-dealkylation sites (tertiary alicyclic amines) is 1. The van der Waals surface area contributed by atoms with Crippen molar-refractivity contribution in [3.8, 4) is 0 Å². The molecule has 0 spiro atoms. The smallest absolute Gasteiger partial charge is 0.254 e. The molecule has 1 saturated carbocycles. The number of fused-ring (bicyclic) bond motifs is 1. The second-order valence-electron chi connectivity index (χ2n) is 7.25. The quantitative estimate of drug-likeness (QED) is 0.856. The maximum Gasteiger partial charge on any atom is 0.254 e. The van der Waals surface area contributed by atoms with Crippen molar-refractivity contribution >= 4 is 16.9 Å². The lowest BCUT2D eigenvalue weighted by Crippen LogP contribution is -2.38. The molecule has 1 aliphatic heterocycles. The highest BCUT2D eigenvalue weighted by molar-refractivity contribution is 6.06. The third kappa shape index (κ3) is 2.52. The van der Waals surface area contributed by atoms with E-state index in [1.165, 1.54) is 12.8 Å². The summed E-state index contributed by atoms with van der Waals surface area (Å²) in [4.78, 5) is 19.9. The number of aromatic nitrogens is 3. The minimum Gasteiger partial charge on any atom is -0.339 e. The second kappa shape index (κ2) is 5.32. The normalized spacial score (nSPS) is 19.5. The molecule has 1 saturated heterocycles. The van der Waals surface area contributed by atoms with E-state index in [-0.39, 0.29) is 5.91 Å². The van der Waals surface area contributed by atoms with Gasteiger partial charge in [0, 0.05) is 31.7 Å². The van der Waals surface area contributed by atoms with Crippen molar-refractivity contribution in [1.82, 2.24) is 19.7 Å². The van der Waals surface area contributed by atoms with Crippen molar-refractivity contribution in [3.63, 3.8) is 0 Å². The number of piperidine rings is 1. The molecule has 23 heavy (non-hydrogen) atoms. The number of carbonyl (C=O) groups excluding carboxylic acids is 1. The molecule has 5 nitrogen and oxygen atoms in total. The number of hydrogen-bond donors (Lipinski definition) is 0. The number of nitrogens with zero attached hydrogens (tertiary/aromatic N) is 4. The van der Waals surface area contributed by atoms with Crippen LogP contribution in [0, 0.1) is 12.8 Å². The van der Waals surface area contributed by atoms with Crippen LogP contribution in [-0.2, 0) is 7.05 Å². The van der Waals surface area contributed by atoms with E-state index >= 15 is 0 Å². The van der Waals surface area contributed by atoms with Gasteiger partial charge in [-0.2, -0.15) is 5.10 Å². The minimum absolute atomic E-state index is 0.155. The molecule has 2 aromatic rings. The molecule has 1 amide bonds. The summed E-state index contributed by atoms with van der Waals surface area (Å²) < 4.78 is 1.81. The lowest BCUT2D eigenvalue weighted by molar-refractivity contribution is 0.0699. The van der Waals surface area contributed by atoms with Crippen LogP contribution in [0.1, 0.15) is 60.3 Å². The van der Waals surface area contributed by atoms with Crippen molar-refractivity contribution in [2.24, 2.45) is 13.0 Å². The fraction of sp³-hybridized carbons (Fsp3) is 0.611. The molecular weight excluding hydrogens is 288 g/mol. The summed E-state index contributed by atoms with van der Waals surface area (Å²) in [5, 5.41) is 5.43. The first kappa shape index (κ1) is 14.7. The lowest BCUT2D eigenvalue weighted by atomic mass is 9.98. The maximum absolute atomic E-state index is 13.1. The molecule has 1 aliphatic carbocycles. The topological polar surface area (TPSA) is 51.0 Å². The molecular formula is C18H24N4O. The third-order valence-corrected chi connectivity index (χ3v) is 5.29. The molecule has 2 fully saturated rings. The number of carbonyl (C=O) groups is 1. The van der Waals surface area contributed by atoms with Gasteiger partial charge in [0.05, 0.1) is 16.6 Å². The molecule has 122 valence electrons. The molecule has 0 radical (unpaired) electrons. The number of hydrogen-bond acceptors (Lipinski definition) is 3. The predicted octanol–water partition coefficient (Wildman–Crippen LogP) is 3.03. The molecule has 0 aromatic carbocycles.